The molecule has 0 aliphatic heterocycles. The molecule has 12 rings (SSSR count). The highest BCUT2D eigenvalue weighted by Gasteiger charge is 2.25. The predicted octanol–water partition coefficient (Wildman–Crippen LogP) is 12.4. The number of oxazole rings is 1. The molecule has 57 heavy (non-hydrogen) atoms. The molecule has 0 spiro atoms. The Hall–Kier alpha value is -7.90. The molecule has 12 aromatic rings. The Labute approximate surface area is 325 Å². The van der Waals surface area contributed by atoms with E-state index in [1.54, 1.807) is 0 Å². The third-order valence-electron chi connectivity index (χ3n) is 11.0. The maximum absolute atomic E-state index is 6.69. The van der Waals surface area contributed by atoms with Crippen molar-refractivity contribution in [1.29, 1.82) is 0 Å². The van der Waals surface area contributed by atoms with Crippen LogP contribution in [0.3, 0.4) is 0 Å². The first-order chi connectivity index (χ1) is 28.3. The Balaban J connectivity index is 1.23. The summed E-state index contributed by atoms with van der Waals surface area (Å²) in [5.74, 6) is 2.32. The zero-order valence-corrected chi connectivity index (χ0v) is 30.4. The first kappa shape index (κ1) is 31.5. The van der Waals surface area contributed by atoms with Gasteiger partial charge in [0.1, 0.15) is 5.52 Å². The molecule has 4 heterocycles. The van der Waals surface area contributed by atoms with E-state index in [9.17, 15) is 0 Å². The summed E-state index contributed by atoms with van der Waals surface area (Å²) in [6.45, 7) is 0. The van der Waals surface area contributed by atoms with E-state index in [-0.39, 0.29) is 0 Å². The van der Waals surface area contributed by atoms with Gasteiger partial charge in [0, 0.05) is 38.2 Å². The molecule has 8 aromatic carbocycles. The number of fused-ring (bicyclic) bond motifs is 9. The van der Waals surface area contributed by atoms with E-state index >= 15 is 0 Å². The summed E-state index contributed by atoms with van der Waals surface area (Å²) < 4.78 is 11.2. The lowest BCUT2D eigenvalue weighted by molar-refractivity contribution is 0.618. The molecular formula is C50H30N6O. The zero-order chi connectivity index (χ0) is 37.5. The van der Waals surface area contributed by atoms with Gasteiger partial charge in [0.2, 0.25) is 11.8 Å². The minimum Gasteiger partial charge on any atom is -0.434 e. The molecule has 0 N–H and O–H groups in total. The first-order valence-corrected chi connectivity index (χ1v) is 19.0. The lowest BCUT2D eigenvalue weighted by Gasteiger charge is -2.14. The number of rotatable bonds is 5. The molecule has 4 aromatic heterocycles. The monoisotopic (exact) mass is 730 g/mol. The molecule has 0 saturated heterocycles. The average Bonchev–Trinajstić information content (AvgIpc) is 3.97. The summed E-state index contributed by atoms with van der Waals surface area (Å²) in [6, 6.07) is 62.6. The number of para-hydroxylation sites is 3. The summed E-state index contributed by atoms with van der Waals surface area (Å²) in [6.07, 6.45) is 0. The maximum Gasteiger partial charge on any atom is 0.238 e. The van der Waals surface area contributed by atoms with Gasteiger partial charge in [-0.25, -0.2) is 9.97 Å². The number of hydrogen-bond acceptors (Lipinski definition) is 5. The highest BCUT2D eigenvalue weighted by Crippen LogP contribution is 2.43. The highest BCUT2D eigenvalue weighted by molar-refractivity contribution is 6.24. The van der Waals surface area contributed by atoms with Crippen molar-refractivity contribution in [2.75, 3.05) is 0 Å². The van der Waals surface area contributed by atoms with Gasteiger partial charge in [-0.3, -0.25) is 4.57 Å². The lowest BCUT2D eigenvalue weighted by Crippen LogP contribution is -2.07. The fourth-order valence-electron chi connectivity index (χ4n) is 8.50. The Morgan fingerprint density at radius 3 is 1.72 bits per heavy atom. The van der Waals surface area contributed by atoms with E-state index in [4.69, 9.17) is 24.4 Å². The molecule has 0 aliphatic rings. The van der Waals surface area contributed by atoms with Crippen molar-refractivity contribution in [2.24, 2.45) is 0 Å². The summed E-state index contributed by atoms with van der Waals surface area (Å²) >= 11 is 0. The smallest absolute Gasteiger partial charge is 0.238 e. The second-order valence-electron chi connectivity index (χ2n) is 14.2. The van der Waals surface area contributed by atoms with E-state index in [0.717, 1.165) is 82.3 Å². The second kappa shape index (κ2) is 12.3. The van der Waals surface area contributed by atoms with Crippen molar-refractivity contribution in [1.82, 2.24) is 29.1 Å². The summed E-state index contributed by atoms with van der Waals surface area (Å²) in [5, 5.41) is 6.62. The molecule has 0 aliphatic carbocycles. The van der Waals surface area contributed by atoms with Gasteiger partial charge in [0.15, 0.2) is 17.2 Å². The molecule has 0 unspecified atom stereocenters. The molecule has 0 radical (unpaired) electrons. The number of nitrogens with zero attached hydrogens (tertiary/aromatic N) is 6. The highest BCUT2D eigenvalue weighted by atomic mass is 16.3. The van der Waals surface area contributed by atoms with E-state index in [2.05, 4.69) is 137 Å². The fourth-order valence-corrected chi connectivity index (χ4v) is 8.50. The van der Waals surface area contributed by atoms with Crippen molar-refractivity contribution >= 4 is 65.5 Å². The van der Waals surface area contributed by atoms with Crippen LogP contribution in [-0.2, 0) is 0 Å². The minimum atomic E-state index is 0.534. The minimum absolute atomic E-state index is 0.534. The van der Waals surface area contributed by atoms with Crippen LogP contribution in [0.1, 0.15) is 0 Å². The van der Waals surface area contributed by atoms with Gasteiger partial charge >= 0.3 is 0 Å². The van der Waals surface area contributed by atoms with E-state index in [0.29, 0.717) is 29.1 Å². The lowest BCUT2D eigenvalue weighted by atomic mass is 10.0. The summed E-state index contributed by atoms with van der Waals surface area (Å²) in [7, 11) is 0. The van der Waals surface area contributed by atoms with Crippen LogP contribution in [0.2, 0.25) is 0 Å². The Bertz CT molecular complexity index is 3520. The second-order valence-corrected chi connectivity index (χ2v) is 14.2. The number of hydrogen-bond donors (Lipinski definition) is 0. The standard InChI is InChI=1S/C50H30N6O/c1-3-16-32(17-4-1)47-52-48(39-24-13-20-31-15-7-8-21-34(31)39)54-50(53-47)56-42-27-12-10-23-36(42)38-30-29-37-35-22-9-11-26-41(35)55(44(37)45(38)56)43-28-14-25-40-46(43)57-49(51-40)33-18-5-2-6-19-33/h1-30H. The average molecular weight is 731 g/mol. The van der Waals surface area contributed by atoms with Crippen LogP contribution in [0.25, 0.3) is 111 Å². The molecule has 0 amide bonds. The van der Waals surface area contributed by atoms with Gasteiger partial charge < -0.3 is 8.98 Å². The van der Waals surface area contributed by atoms with Gasteiger partial charge in [-0.2, -0.15) is 9.97 Å². The molecule has 7 nitrogen and oxygen atoms in total. The molecule has 0 atom stereocenters. The number of benzene rings is 8. The van der Waals surface area contributed by atoms with Crippen LogP contribution in [0.4, 0.5) is 0 Å². The molecule has 266 valence electrons. The maximum atomic E-state index is 6.69. The van der Waals surface area contributed by atoms with Gasteiger partial charge in [-0.05, 0) is 47.2 Å². The van der Waals surface area contributed by atoms with Crippen molar-refractivity contribution in [3.63, 3.8) is 0 Å². The first-order valence-electron chi connectivity index (χ1n) is 19.0. The summed E-state index contributed by atoms with van der Waals surface area (Å²) in [5.41, 5.74) is 9.23. The molecular weight excluding hydrogens is 701 g/mol. The summed E-state index contributed by atoms with van der Waals surface area (Å²) in [4.78, 5) is 20.8. The zero-order valence-electron chi connectivity index (χ0n) is 30.4. The fraction of sp³-hybridized carbons (Fsp3) is 0. The number of aromatic nitrogens is 6. The van der Waals surface area contributed by atoms with Crippen molar-refractivity contribution in [3.8, 4) is 45.9 Å². The molecule has 0 saturated carbocycles. The molecule has 7 heteroatoms. The Morgan fingerprint density at radius 1 is 0.386 bits per heavy atom. The quantitative estimate of drug-likeness (QED) is 0.176. The van der Waals surface area contributed by atoms with Gasteiger partial charge in [-0.15, -0.1) is 0 Å². The van der Waals surface area contributed by atoms with Crippen LogP contribution in [-0.4, -0.2) is 29.1 Å². The van der Waals surface area contributed by atoms with E-state index in [1.807, 2.05) is 54.6 Å². The largest absolute Gasteiger partial charge is 0.434 e. The van der Waals surface area contributed by atoms with Gasteiger partial charge in [0.05, 0.1) is 27.8 Å². The SMILES string of the molecule is c1ccc(-c2nc(-c3cccc4ccccc34)nc(-n3c4ccccc4c4ccc5c6ccccc6n(-c6cccc7nc(-c8ccccc8)oc67)c5c43)n2)cc1. The predicted molar refractivity (Wildman–Crippen MR) is 230 cm³/mol. The Morgan fingerprint density at radius 2 is 0.965 bits per heavy atom. The van der Waals surface area contributed by atoms with Crippen LogP contribution in [0.5, 0.6) is 0 Å². The normalized spacial score (nSPS) is 11.9. The van der Waals surface area contributed by atoms with Crippen LogP contribution < -0.4 is 0 Å². The van der Waals surface area contributed by atoms with Gasteiger partial charge in [0.25, 0.3) is 0 Å². The van der Waals surface area contributed by atoms with Crippen LogP contribution >= 0.6 is 0 Å². The third-order valence-corrected chi connectivity index (χ3v) is 11.0. The van der Waals surface area contributed by atoms with Crippen molar-refractivity contribution in [2.45, 2.75) is 0 Å². The van der Waals surface area contributed by atoms with Crippen molar-refractivity contribution < 1.29 is 4.42 Å². The van der Waals surface area contributed by atoms with E-state index < -0.39 is 0 Å². The van der Waals surface area contributed by atoms with Crippen LogP contribution in [0.15, 0.2) is 186 Å². The third kappa shape index (κ3) is 4.79. The molecule has 0 bridgehead atoms. The van der Waals surface area contributed by atoms with Crippen LogP contribution in [0, 0.1) is 0 Å². The molecule has 0 fully saturated rings. The van der Waals surface area contributed by atoms with E-state index in [1.165, 1.54) is 0 Å². The topological polar surface area (TPSA) is 74.6 Å². The van der Waals surface area contributed by atoms with Gasteiger partial charge in [-0.1, -0.05) is 146 Å². The Kier molecular flexibility index (Phi) is 6.79. The van der Waals surface area contributed by atoms with Crippen molar-refractivity contribution in [3.05, 3.63) is 182 Å².